The Labute approximate surface area is 54.2 Å². The minimum atomic E-state index is -0.918. The highest BCUT2D eigenvalue weighted by molar-refractivity contribution is 5.03. The Hall–Kier alpha value is -0.370. The predicted molar refractivity (Wildman–Crippen MR) is 33.8 cm³/mol. The van der Waals surface area contributed by atoms with Gasteiger partial charge in [-0.1, -0.05) is 12.2 Å². The van der Waals surface area contributed by atoms with Crippen LogP contribution in [0.1, 0.15) is 13.3 Å². The summed E-state index contributed by atoms with van der Waals surface area (Å²) in [5.74, 6) is -0.259. The number of aliphatic hydroxyl groups is 1. The minimum absolute atomic E-state index is 0.259. The average Bonchev–Trinajstić information content (AvgIpc) is 2.13. The lowest BCUT2D eigenvalue weighted by molar-refractivity contribution is 0.0998. The highest BCUT2D eigenvalue weighted by Gasteiger charge is 2.25. The lowest BCUT2D eigenvalue weighted by atomic mass is 10.0. The van der Waals surface area contributed by atoms with Gasteiger partial charge in [0, 0.05) is 5.92 Å². The first-order valence-corrected chi connectivity index (χ1v) is 3.20. The molecule has 1 rings (SSSR count). The molecule has 1 aliphatic carbocycles. The van der Waals surface area contributed by atoms with E-state index in [1.807, 2.05) is 6.08 Å². The van der Waals surface area contributed by atoms with Gasteiger partial charge < -0.3 is 5.11 Å². The number of hydrogen-bond acceptors (Lipinski definition) is 1. The summed E-state index contributed by atoms with van der Waals surface area (Å²) in [7, 11) is 0. The smallest absolute Gasteiger partial charge is 0.106 e. The third-order valence-electron chi connectivity index (χ3n) is 1.71. The maximum atomic E-state index is 12.4. The number of rotatable bonds is 1. The normalized spacial score (nSPS) is 37.2. The predicted octanol–water partition coefficient (Wildman–Crippen LogP) is 1.28. The van der Waals surface area contributed by atoms with Crippen LogP contribution in [0, 0.1) is 5.92 Å². The van der Waals surface area contributed by atoms with Crippen LogP contribution in [0.4, 0.5) is 4.39 Å². The maximum absolute atomic E-state index is 12.4. The first-order chi connectivity index (χ1) is 4.22. The molecule has 3 atom stereocenters. The van der Waals surface area contributed by atoms with Gasteiger partial charge in [-0.25, -0.2) is 4.39 Å². The zero-order valence-electron chi connectivity index (χ0n) is 5.42. The van der Waals surface area contributed by atoms with Crippen LogP contribution >= 0.6 is 0 Å². The van der Waals surface area contributed by atoms with Crippen molar-refractivity contribution in [3.8, 4) is 0 Å². The Kier molecular flexibility index (Phi) is 1.86. The summed E-state index contributed by atoms with van der Waals surface area (Å²) in [5.41, 5.74) is 0. The average molecular weight is 130 g/mol. The second-order valence-electron chi connectivity index (χ2n) is 2.49. The second kappa shape index (κ2) is 2.48. The molecule has 0 saturated heterocycles. The van der Waals surface area contributed by atoms with Crippen molar-refractivity contribution < 1.29 is 9.50 Å². The third kappa shape index (κ3) is 1.30. The molecule has 9 heavy (non-hydrogen) atoms. The molecule has 1 nitrogen and oxygen atoms in total. The van der Waals surface area contributed by atoms with Crippen LogP contribution in [0.15, 0.2) is 12.2 Å². The molecule has 52 valence electrons. The van der Waals surface area contributed by atoms with E-state index >= 15 is 0 Å². The summed E-state index contributed by atoms with van der Waals surface area (Å²) < 4.78 is 12.4. The highest BCUT2D eigenvalue weighted by Crippen LogP contribution is 2.22. The van der Waals surface area contributed by atoms with Crippen molar-refractivity contribution in [1.82, 2.24) is 0 Å². The van der Waals surface area contributed by atoms with Crippen molar-refractivity contribution in [2.24, 2.45) is 5.92 Å². The molecule has 1 N–H and O–H groups in total. The van der Waals surface area contributed by atoms with Crippen LogP contribution in [-0.4, -0.2) is 17.4 Å². The quantitative estimate of drug-likeness (QED) is 0.530. The van der Waals surface area contributed by atoms with Gasteiger partial charge in [0.2, 0.25) is 0 Å². The number of halogens is 1. The molecule has 0 aliphatic heterocycles. The number of aliphatic hydroxyl groups excluding tert-OH is 1. The van der Waals surface area contributed by atoms with Crippen molar-refractivity contribution in [3.05, 3.63) is 12.2 Å². The van der Waals surface area contributed by atoms with Crippen molar-refractivity contribution in [2.75, 3.05) is 0 Å². The van der Waals surface area contributed by atoms with Crippen molar-refractivity contribution in [3.63, 3.8) is 0 Å². The molecule has 0 saturated carbocycles. The maximum Gasteiger partial charge on any atom is 0.106 e. The molecule has 0 amide bonds. The fourth-order valence-electron chi connectivity index (χ4n) is 1.12. The molecular formula is C7H11FO. The van der Waals surface area contributed by atoms with Gasteiger partial charge in [-0.15, -0.1) is 0 Å². The SMILES string of the molecule is CC(F)[C@H]1C=CC[C@@H]1O. The molecular weight excluding hydrogens is 119 g/mol. The van der Waals surface area contributed by atoms with Gasteiger partial charge in [0.25, 0.3) is 0 Å². The first kappa shape index (κ1) is 6.75. The van der Waals surface area contributed by atoms with E-state index in [1.54, 1.807) is 6.08 Å². The van der Waals surface area contributed by atoms with E-state index in [2.05, 4.69) is 0 Å². The first-order valence-electron chi connectivity index (χ1n) is 3.20. The fraction of sp³-hybridized carbons (Fsp3) is 0.714. The van der Waals surface area contributed by atoms with Crippen LogP contribution in [0.2, 0.25) is 0 Å². The molecule has 0 aromatic carbocycles. The van der Waals surface area contributed by atoms with Crippen LogP contribution in [0.3, 0.4) is 0 Å². The van der Waals surface area contributed by atoms with E-state index in [0.29, 0.717) is 6.42 Å². The molecule has 1 unspecified atom stereocenters. The van der Waals surface area contributed by atoms with Gasteiger partial charge in [0.1, 0.15) is 6.17 Å². The van der Waals surface area contributed by atoms with Crippen molar-refractivity contribution in [1.29, 1.82) is 0 Å². The van der Waals surface area contributed by atoms with Crippen molar-refractivity contribution >= 4 is 0 Å². The Bertz CT molecular complexity index is 120. The third-order valence-corrected chi connectivity index (χ3v) is 1.71. The van der Waals surface area contributed by atoms with Crippen LogP contribution in [0.25, 0.3) is 0 Å². The lowest BCUT2D eigenvalue weighted by Crippen LogP contribution is -2.21. The van der Waals surface area contributed by atoms with Gasteiger partial charge >= 0.3 is 0 Å². The van der Waals surface area contributed by atoms with Gasteiger partial charge in [-0.05, 0) is 13.3 Å². The Morgan fingerprint density at radius 1 is 1.78 bits per heavy atom. The largest absolute Gasteiger partial charge is 0.392 e. The molecule has 2 heteroatoms. The van der Waals surface area contributed by atoms with E-state index in [4.69, 9.17) is 5.11 Å². The lowest BCUT2D eigenvalue weighted by Gasteiger charge is -2.13. The molecule has 0 aromatic heterocycles. The summed E-state index contributed by atoms with van der Waals surface area (Å²) in [5, 5.41) is 9.06. The van der Waals surface area contributed by atoms with E-state index in [9.17, 15) is 4.39 Å². The molecule has 0 heterocycles. The summed E-state index contributed by atoms with van der Waals surface area (Å²) in [6.45, 7) is 1.48. The molecule has 0 aromatic rings. The van der Waals surface area contributed by atoms with Crippen LogP contribution in [0.5, 0.6) is 0 Å². The molecule has 0 bridgehead atoms. The topological polar surface area (TPSA) is 20.2 Å². The summed E-state index contributed by atoms with van der Waals surface area (Å²) in [6, 6.07) is 0. The molecule has 0 fully saturated rings. The summed E-state index contributed by atoms with van der Waals surface area (Å²) in [4.78, 5) is 0. The van der Waals surface area contributed by atoms with Gasteiger partial charge in [0.15, 0.2) is 0 Å². The fourth-order valence-corrected chi connectivity index (χ4v) is 1.12. The van der Waals surface area contributed by atoms with Gasteiger partial charge in [-0.2, -0.15) is 0 Å². The zero-order chi connectivity index (χ0) is 6.85. The summed E-state index contributed by atoms with van der Waals surface area (Å²) >= 11 is 0. The number of alkyl halides is 1. The second-order valence-corrected chi connectivity index (χ2v) is 2.49. The van der Waals surface area contributed by atoms with E-state index < -0.39 is 12.3 Å². The molecule has 0 radical (unpaired) electrons. The standard InChI is InChI=1S/C7H11FO/c1-5(8)6-3-2-4-7(6)9/h2-3,5-7,9H,4H2,1H3/t5?,6-,7+/m1/s1. The Balaban J connectivity index is 2.49. The van der Waals surface area contributed by atoms with Crippen LogP contribution in [-0.2, 0) is 0 Å². The molecule has 0 spiro atoms. The zero-order valence-corrected chi connectivity index (χ0v) is 5.42. The van der Waals surface area contributed by atoms with Gasteiger partial charge in [-0.3, -0.25) is 0 Å². The monoisotopic (exact) mass is 130 g/mol. The highest BCUT2D eigenvalue weighted by atomic mass is 19.1. The minimum Gasteiger partial charge on any atom is -0.392 e. The van der Waals surface area contributed by atoms with Crippen LogP contribution < -0.4 is 0 Å². The van der Waals surface area contributed by atoms with E-state index in [-0.39, 0.29) is 5.92 Å². The van der Waals surface area contributed by atoms with E-state index in [1.165, 1.54) is 6.92 Å². The van der Waals surface area contributed by atoms with Crippen molar-refractivity contribution in [2.45, 2.75) is 25.6 Å². The molecule has 1 aliphatic rings. The number of hydrogen-bond donors (Lipinski definition) is 1. The Morgan fingerprint density at radius 3 is 2.67 bits per heavy atom. The summed E-state index contributed by atoms with van der Waals surface area (Å²) in [6.07, 6.45) is 2.78. The van der Waals surface area contributed by atoms with Gasteiger partial charge in [0.05, 0.1) is 6.10 Å². The Morgan fingerprint density at radius 2 is 2.44 bits per heavy atom. The van der Waals surface area contributed by atoms with E-state index in [0.717, 1.165) is 0 Å².